The number of hydrogen-bond donors (Lipinski definition) is 1. The molecule has 2 rings (SSSR count). The van der Waals surface area contributed by atoms with Crippen LogP contribution in [-0.2, 0) is 6.18 Å². The number of pyridine rings is 1. The molecule has 0 spiro atoms. The Morgan fingerprint density at radius 1 is 1.11 bits per heavy atom. The van der Waals surface area contributed by atoms with E-state index >= 15 is 0 Å². The van der Waals surface area contributed by atoms with Crippen molar-refractivity contribution in [3.8, 4) is 11.3 Å². The smallest absolute Gasteiger partial charge is 0.397 e. The Hall–Kier alpha value is -1.46. The van der Waals surface area contributed by atoms with Crippen molar-refractivity contribution >= 4 is 28.9 Å². The normalized spacial score (nSPS) is 11.6. The number of hydrogen-bond acceptors (Lipinski definition) is 2. The standard InChI is InChI=1S/C12H7Cl2F3N2/c13-6-1-2-10(14)8(3-6)11-9(12(15,16)17)4-7(18)5-19-11/h1-5H,18H2. The van der Waals surface area contributed by atoms with Crippen LogP contribution < -0.4 is 5.73 Å². The number of rotatable bonds is 1. The summed E-state index contributed by atoms with van der Waals surface area (Å²) in [4.78, 5) is 3.73. The third-order valence-electron chi connectivity index (χ3n) is 2.40. The average molecular weight is 307 g/mol. The summed E-state index contributed by atoms with van der Waals surface area (Å²) < 4.78 is 38.9. The van der Waals surface area contributed by atoms with Gasteiger partial charge in [-0.05, 0) is 24.3 Å². The van der Waals surface area contributed by atoms with E-state index in [1.165, 1.54) is 18.2 Å². The molecule has 1 heterocycles. The van der Waals surface area contributed by atoms with E-state index in [0.717, 1.165) is 12.3 Å². The number of anilines is 1. The van der Waals surface area contributed by atoms with Crippen LogP contribution in [0.3, 0.4) is 0 Å². The van der Waals surface area contributed by atoms with E-state index in [2.05, 4.69) is 4.98 Å². The monoisotopic (exact) mass is 306 g/mol. The highest BCUT2D eigenvalue weighted by Gasteiger charge is 2.35. The fourth-order valence-electron chi connectivity index (χ4n) is 1.59. The van der Waals surface area contributed by atoms with Gasteiger partial charge in [-0.1, -0.05) is 23.2 Å². The molecule has 0 unspecified atom stereocenters. The SMILES string of the molecule is Nc1cnc(-c2cc(Cl)ccc2Cl)c(C(F)(F)F)c1. The maximum Gasteiger partial charge on any atom is 0.418 e. The largest absolute Gasteiger partial charge is 0.418 e. The molecule has 1 aromatic carbocycles. The lowest BCUT2D eigenvalue weighted by molar-refractivity contribution is -0.137. The summed E-state index contributed by atoms with van der Waals surface area (Å²) in [5.74, 6) is 0. The lowest BCUT2D eigenvalue weighted by atomic mass is 10.0. The Kier molecular flexibility index (Phi) is 3.60. The second kappa shape index (κ2) is 4.90. The van der Waals surface area contributed by atoms with Gasteiger partial charge in [0.1, 0.15) is 0 Å². The van der Waals surface area contributed by atoms with Gasteiger partial charge in [-0.15, -0.1) is 0 Å². The van der Waals surface area contributed by atoms with Crippen molar-refractivity contribution in [3.63, 3.8) is 0 Å². The molecule has 0 fully saturated rings. The number of nitrogen functional groups attached to an aromatic ring is 1. The van der Waals surface area contributed by atoms with Gasteiger partial charge in [-0.3, -0.25) is 4.98 Å². The average Bonchev–Trinajstić information content (AvgIpc) is 2.31. The molecule has 0 aliphatic rings. The molecule has 0 saturated heterocycles. The summed E-state index contributed by atoms with van der Waals surface area (Å²) in [6.07, 6.45) is -3.44. The van der Waals surface area contributed by atoms with Crippen LogP contribution in [0.5, 0.6) is 0 Å². The zero-order valence-corrected chi connectivity index (χ0v) is 10.8. The van der Waals surface area contributed by atoms with E-state index in [0.29, 0.717) is 0 Å². The molecule has 19 heavy (non-hydrogen) atoms. The van der Waals surface area contributed by atoms with Gasteiger partial charge >= 0.3 is 6.18 Å². The predicted octanol–water partition coefficient (Wildman–Crippen LogP) is 4.66. The van der Waals surface area contributed by atoms with Gasteiger partial charge in [0, 0.05) is 10.6 Å². The third kappa shape index (κ3) is 2.93. The quantitative estimate of drug-likeness (QED) is 0.832. The molecule has 0 saturated carbocycles. The molecular weight excluding hydrogens is 300 g/mol. The third-order valence-corrected chi connectivity index (χ3v) is 2.96. The lowest BCUT2D eigenvalue weighted by Crippen LogP contribution is -2.09. The van der Waals surface area contributed by atoms with Crippen molar-refractivity contribution in [2.45, 2.75) is 6.18 Å². The highest BCUT2D eigenvalue weighted by molar-refractivity contribution is 6.35. The number of benzene rings is 1. The second-order valence-electron chi connectivity index (χ2n) is 3.79. The molecule has 0 radical (unpaired) electrons. The van der Waals surface area contributed by atoms with Crippen molar-refractivity contribution in [1.29, 1.82) is 0 Å². The molecule has 0 atom stereocenters. The van der Waals surface area contributed by atoms with Crippen molar-refractivity contribution in [2.24, 2.45) is 0 Å². The lowest BCUT2D eigenvalue weighted by Gasteiger charge is -2.13. The van der Waals surface area contributed by atoms with E-state index in [1.54, 1.807) is 0 Å². The van der Waals surface area contributed by atoms with E-state index in [4.69, 9.17) is 28.9 Å². The predicted molar refractivity (Wildman–Crippen MR) is 69.1 cm³/mol. The summed E-state index contributed by atoms with van der Waals surface area (Å²) >= 11 is 11.7. The molecule has 2 aromatic rings. The summed E-state index contributed by atoms with van der Waals surface area (Å²) in [5, 5.41) is 0.401. The number of halogens is 5. The van der Waals surface area contributed by atoms with Crippen LogP contribution in [0.15, 0.2) is 30.5 Å². The molecule has 2 N–H and O–H groups in total. The topological polar surface area (TPSA) is 38.9 Å². The van der Waals surface area contributed by atoms with Crippen LogP contribution in [0.4, 0.5) is 18.9 Å². The van der Waals surface area contributed by atoms with Crippen molar-refractivity contribution in [3.05, 3.63) is 46.1 Å². The van der Waals surface area contributed by atoms with Crippen molar-refractivity contribution < 1.29 is 13.2 Å². The minimum atomic E-state index is -4.58. The molecule has 0 aliphatic heterocycles. The van der Waals surface area contributed by atoms with E-state index in [9.17, 15) is 13.2 Å². The summed E-state index contributed by atoms with van der Waals surface area (Å²) in [7, 11) is 0. The van der Waals surface area contributed by atoms with Crippen LogP contribution in [0, 0.1) is 0 Å². The summed E-state index contributed by atoms with van der Waals surface area (Å²) in [6, 6.07) is 5.05. The first-order valence-electron chi connectivity index (χ1n) is 5.07. The van der Waals surface area contributed by atoms with Gasteiger partial charge in [0.15, 0.2) is 0 Å². The van der Waals surface area contributed by atoms with Crippen LogP contribution in [0.1, 0.15) is 5.56 Å². The fraction of sp³-hybridized carbons (Fsp3) is 0.0833. The molecule has 100 valence electrons. The van der Waals surface area contributed by atoms with Gasteiger partial charge in [0.25, 0.3) is 0 Å². The van der Waals surface area contributed by atoms with Crippen molar-refractivity contribution in [2.75, 3.05) is 5.73 Å². The van der Waals surface area contributed by atoms with Gasteiger partial charge < -0.3 is 5.73 Å². The zero-order valence-electron chi connectivity index (χ0n) is 9.30. The molecule has 0 bridgehead atoms. The maximum atomic E-state index is 13.0. The van der Waals surface area contributed by atoms with Crippen LogP contribution in [-0.4, -0.2) is 4.98 Å². The van der Waals surface area contributed by atoms with Crippen molar-refractivity contribution in [1.82, 2.24) is 4.98 Å². The molecule has 0 amide bonds. The van der Waals surface area contributed by atoms with Gasteiger partial charge in [0.2, 0.25) is 0 Å². The molecule has 7 heteroatoms. The number of alkyl halides is 3. The number of nitrogens with two attached hydrogens (primary N) is 1. The summed E-state index contributed by atoms with van der Waals surface area (Å²) in [5.41, 5.74) is 4.14. The zero-order chi connectivity index (χ0) is 14.2. The van der Waals surface area contributed by atoms with Gasteiger partial charge in [0.05, 0.1) is 28.2 Å². The van der Waals surface area contributed by atoms with Gasteiger partial charge in [-0.25, -0.2) is 0 Å². The minimum Gasteiger partial charge on any atom is -0.397 e. The molecule has 0 aliphatic carbocycles. The molecular formula is C12H7Cl2F3N2. The first-order chi connectivity index (χ1) is 8.79. The van der Waals surface area contributed by atoms with E-state index < -0.39 is 11.7 Å². The number of nitrogens with zero attached hydrogens (tertiary/aromatic N) is 1. The Morgan fingerprint density at radius 2 is 1.79 bits per heavy atom. The molecule has 1 aromatic heterocycles. The van der Waals surface area contributed by atoms with Crippen LogP contribution >= 0.6 is 23.2 Å². The van der Waals surface area contributed by atoms with E-state index in [1.807, 2.05) is 0 Å². The Labute approximate surface area is 117 Å². The second-order valence-corrected chi connectivity index (χ2v) is 4.63. The van der Waals surface area contributed by atoms with Crippen LogP contribution in [0.2, 0.25) is 10.0 Å². The summed E-state index contributed by atoms with van der Waals surface area (Å²) in [6.45, 7) is 0. The Morgan fingerprint density at radius 3 is 2.42 bits per heavy atom. The fourth-order valence-corrected chi connectivity index (χ4v) is 1.97. The minimum absolute atomic E-state index is 0.0748. The first-order valence-corrected chi connectivity index (χ1v) is 5.83. The maximum absolute atomic E-state index is 13.0. The van der Waals surface area contributed by atoms with Gasteiger partial charge in [-0.2, -0.15) is 13.2 Å². The Balaban J connectivity index is 2.72. The highest BCUT2D eigenvalue weighted by atomic mass is 35.5. The number of aromatic nitrogens is 1. The van der Waals surface area contributed by atoms with E-state index in [-0.39, 0.29) is 27.0 Å². The first kappa shape index (κ1) is 14.0. The Bertz CT molecular complexity index is 627. The molecule has 2 nitrogen and oxygen atoms in total. The highest BCUT2D eigenvalue weighted by Crippen LogP contribution is 2.39. The van der Waals surface area contributed by atoms with Crippen LogP contribution in [0.25, 0.3) is 11.3 Å².